The van der Waals surface area contributed by atoms with Crippen LogP contribution in [0, 0.1) is 11.3 Å². The Morgan fingerprint density at radius 2 is 2.21 bits per heavy atom. The van der Waals surface area contributed by atoms with Crippen molar-refractivity contribution in [3.63, 3.8) is 0 Å². The molecule has 80 valence electrons. The Morgan fingerprint density at radius 3 is 2.79 bits per heavy atom. The van der Waals surface area contributed by atoms with Crippen molar-refractivity contribution < 1.29 is 0 Å². The normalized spacial score (nSPS) is 27.1. The third-order valence-corrected chi connectivity index (χ3v) is 3.22. The van der Waals surface area contributed by atoms with Gasteiger partial charge in [0.1, 0.15) is 0 Å². The molecule has 1 aliphatic heterocycles. The number of nitriles is 1. The van der Waals surface area contributed by atoms with E-state index in [0.717, 1.165) is 19.6 Å². The minimum absolute atomic E-state index is 0.439. The lowest BCUT2D eigenvalue weighted by Gasteiger charge is -2.42. The molecule has 1 rings (SSSR count). The van der Waals surface area contributed by atoms with E-state index in [-0.39, 0.29) is 0 Å². The standard InChI is InChI=1S/C11H21N3/c1-4-10(2)14-8-7-13(3)9-11(14)5-6-12/h10-11H,4-5,7-9H2,1-3H3. The van der Waals surface area contributed by atoms with Crippen LogP contribution in [-0.2, 0) is 0 Å². The van der Waals surface area contributed by atoms with Crippen molar-refractivity contribution >= 4 is 0 Å². The van der Waals surface area contributed by atoms with Crippen LogP contribution in [0.1, 0.15) is 26.7 Å². The van der Waals surface area contributed by atoms with Crippen LogP contribution in [0.5, 0.6) is 0 Å². The molecule has 2 atom stereocenters. The summed E-state index contributed by atoms with van der Waals surface area (Å²) >= 11 is 0. The van der Waals surface area contributed by atoms with E-state index in [0.29, 0.717) is 18.5 Å². The quantitative estimate of drug-likeness (QED) is 0.680. The monoisotopic (exact) mass is 195 g/mol. The van der Waals surface area contributed by atoms with Crippen molar-refractivity contribution in [2.24, 2.45) is 0 Å². The number of piperazine rings is 1. The molecule has 0 aromatic carbocycles. The van der Waals surface area contributed by atoms with Gasteiger partial charge < -0.3 is 4.90 Å². The molecule has 3 heteroatoms. The molecular weight excluding hydrogens is 174 g/mol. The van der Waals surface area contributed by atoms with Crippen molar-refractivity contribution in [2.45, 2.75) is 38.8 Å². The van der Waals surface area contributed by atoms with Gasteiger partial charge in [0.2, 0.25) is 0 Å². The minimum Gasteiger partial charge on any atom is -0.304 e. The summed E-state index contributed by atoms with van der Waals surface area (Å²) in [6.45, 7) is 7.75. The third kappa shape index (κ3) is 2.70. The van der Waals surface area contributed by atoms with Gasteiger partial charge in [-0.1, -0.05) is 6.92 Å². The molecule has 0 spiro atoms. The summed E-state index contributed by atoms with van der Waals surface area (Å²) in [5, 5.41) is 8.78. The summed E-state index contributed by atoms with van der Waals surface area (Å²) in [4.78, 5) is 4.81. The van der Waals surface area contributed by atoms with Crippen molar-refractivity contribution in [1.82, 2.24) is 9.80 Å². The van der Waals surface area contributed by atoms with Gasteiger partial charge in [0.25, 0.3) is 0 Å². The van der Waals surface area contributed by atoms with Gasteiger partial charge in [0.15, 0.2) is 0 Å². The van der Waals surface area contributed by atoms with E-state index in [9.17, 15) is 0 Å². The smallest absolute Gasteiger partial charge is 0.0638 e. The molecule has 0 aromatic heterocycles. The maximum atomic E-state index is 8.78. The first kappa shape index (κ1) is 11.5. The topological polar surface area (TPSA) is 30.3 Å². The fourth-order valence-corrected chi connectivity index (χ4v) is 2.13. The van der Waals surface area contributed by atoms with Crippen LogP contribution in [-0.4, -0.2) is 48.6 Å². The highest BCUT2D eigenvalue weighted by Crippen LogP contribution is 2.16. The van der Waals surface area contributed by atoms with E-state index in [1.165, 1.54) is 6.42 Å². The SMILES string of the molecule is CCC(C)N1CCN(C)CC1CC#N. The Bertz CT molecular complexity index is 209. The lowest BCUT2D eigenvalue weighted by molar-refractivity contribution is 0.0590. The molecule has 1 heterocycles. The van der Waals surface area contributed by atoms with Gasteiger partial charge in [-0.25, -0.2) is 0 Å². The van der Waals surface area contributed by atoms with Crippen LogP contribution >= 0.6 is 0 Å². The van der Waals surface area contributed by atoms with Crippen LogP contribution in [0.15, 0.2) is 0 Å². The highest BCUT2D eigenvalue weighted by atomic mass is 15.3. The van der Waals surface area contributed by atoms with Crippen LogP contribution in [0.25, 0.3) is 0 Å². The number of hydrogen-bond acceptors (Lipinski definition) is 3. The van der Waals surface area contributed by atoms with Crippen molar-refractivity contribution in [2.75, 3.05) is 26.7 Å². The third-order valence-electron chi connectivity index (χ3n) is 3.22. The Balaban J connectivity index is 2.58. The van der Waals surface area contributed by atoms with E-state index in [1.807, 2.05) is 0 Å². The molecule has 0 aliphatic carbocycles. The molecule has 0 saturated carbocycles. The van der Waals surface area contributed by atoms with Crippen molar-refractivity contribution in [3.05, 3.63) is 0 Å². The second-order valence-corrected chi connectivity index (χ2v) is 4.27. The maximum Gasteiger partial charge on any atom is 0.0638 e. The zero-order valence-electron chi connectivity index (χ0n) is 9.53. The average molecular weight is 195 g/mol. The van der Waals surface area contributed by atoms with Crippen LogP contribution in [0.3, 0.4) is 0 Å². The summed E-state index contributed by atoms with van der Waals surface area (Å²) in [5.74, 6) is 0. The zero-order valence-corrected chi connectivity index (χ0v) is 9.53. The molecule has 0 amide bonds. The van der Waals surface area contributed by atoms with E-state index >= 15 is 0 Å². The van der Waals surface area contributed by atoms with E-state index in [1.54, 1.807) is 0 Å². The summed E-state index contributed by atoms with van der Waals surface area (Å²) in [6, 6.07) is 3.35. The van der Waals surface area contributed by atoms with Crippen LogP contribution in [0.4, 0.5) is 0 Å². The minimum atomic E-state index is 0.439. The van der Waals surface area contributed by atoms with E-state index in [4.69, 9.17) is 5.26 Å². The van der Waals surface area contributed by atoms with E-state index < -0.39 is 0 Å². The molecular formula is C11H21N3. The summed E-state index contributed by atoms with van der Waals surface area (Å²) in [5.41, 5.74) is 0. The fraction of sp³-hybridized carbons (Fsp3) is 0.909. The summed E-state index contributed by atoms with van der Waals surface area (Å²) in [7, 11) is 2.14. The lowest BCUT2D eigenvalue weighted by atomic mass is 10.1. The van der Waals surface area contributed by atoms with Crippen LogP contribution < -0.4 is 0 Å². The molecule has 14 heavy (non-hydrogen) atoms. The van der Waals surface area contributed by atoms with Crippen molar-refractivity contribution in [3.8, 4) is 6.07 Å². The number of nitrogens with zero attached hydrogens (tertiary/aromatic N) is 3. The largest absolute Gasteiger partial charge is 0.304 e. The Kier molecular flexibility index (Phi) is 4.37. The highest BCUT2D eigenvalue weighted by molar-refractivity contribution is 4.89. The molecule has 0 aromatic rings. The molecule has 2 unspecified atom stereocenters. The van der Waals surface area contributed by atoms with Gasteiger partial charge in [-0.05, 0) is 20.4 Å². The molecule has 0 N–H and O–H groups in total. The lowest BCUT2D eigenvalue weighted by Crippen LogP contribution is -2.54. The molecule has 3 nitrogen and oxygen atoms in total. The van der Waals surface area contributed by atoms with Gasteiger partial charge in [0, 0.05) is 31.7 Å². The van der Waals surface area contributed by atoms with Crippen molar-refractivity contribution in [1.29, 1.82) is 5.26 Å². The van der Waals surface area contributed by atoms with Gasteiger partial charge in [0.05, 0.1) is 12.5 Å². The zero-order chi connectivity index (χ0) is 10.6. The number of hydrogen-bond donors (Lipinski definition) is 0. The first-order valence-electron chi connectivity index (χ1n) is 5.50. The maximum absolute atomic E-state index is 8.78. The summed E-state index contributed by atoms with van der Waals surface area (Å²) in [6.07, 6.45) is 1.83. The number of rotatable bonds is 3. The highest BCUT2D eigenvalue weighted by Gasteiger charge is 2.27. The second-order valence-electron chi connectivity index (χ2n) is 4.27. The predicted molar refractivity (Wildman–Crippen MR) is 58.0 cm³/mol. The van der Waals surface area contributed by atoms with E-state index in [2.05, 4.69) is 36.8 Å². The van der Waals surface area contributed by atoms with Gasteiger partial charge in [-0.2, -0.15) is 5.26 Å². The fourth-order valence-electron chi connectivity index (χ4n) is 2.13. The first-order valence-corrected chi connectivity index (χ1v) is 5.50. The Hall–Kier alpha value is -0.590. The number of likely N-dealkylation sites (N-methyl/N-ethyl adjacent to an activating group) is 1. The average Bonchev–Trinajstić information content (AvgIpc) is 2.17. The molecule has 1 saturated heterocycles. The molecule has 0 radical (unpaired) electrons. The Morgan fingerprint density at radius 1 is 1.50 bits per heavy atom. The predicted octanol–water partition coefficient (Wildman–Crippen LogP) is 1.31. The summed E-state index contributed by atoms with van der Waals surface area (Å²) < 4.78 is 0. The molecule has 1 aliphatic rings. The first-order chi connectivity index (χ1) is 6.69. The van der Waals surface area contributed by atoms with Gasteiger partial charge >= 0.3 is 0 Å². The van der Waals surface area contributed by atoms with Gasteiger partial charge in [-0.3, -0.25) is 4.90 Å². The van der Waals surface area contributed by atoms with Gasteiger partial charge in [-0.15, -0.1) is 0 Å². The van der Waals surface area contributed by atoms with Crippen LogP contribution in [0.2, 0.25) is 0 Å². The molecule has 0 bridgehead atoms. The second kappa shape index (κ2) is 5.33. The Labute approximate surface area is 87.3 Å². The molecule has 1 fully saturated rings.